The highest BCUT2D eigenvalue weighted by Gasteiger charge is 2.12. The van der Waals surface area contributed by atoms with Crippen LogP contribution in [0, 0.1) is 0 Å². The van der Waals surface area contributed by atoms with Crippen molar-refractivity contribution in [2.75, 3.05) is 0 Å². The first-order valence-electron chi connectivity index (χ1n) is 5.72. The highest BCUT2D eigenvalue weighted by Crippen LogP contribution is 2.23. The van der Waals surface area contributed by atoms with E-state index in [0.717, 1.165) is 4.88 Å². The molecule has 0 aromatic carbocycles. The fourth-order valence-electron chi connectivity index (χ4n) is 1.59. The Bertz CT molecular complexity index is 718. The quantitative estimate of drug-likeness (QED) is 0.745. The minimum Gasteiger partial charge on any atom is -0.454 e. The van der Waals surface area contributed by atoms with Gasteiger partial charge in [-0.1, -0.05) is 17.7 Å². The van der Waals surface area contributed by atoms with Crippen LogP contribution < -0.4 is 0 Å². The first kappa shape index (κ1) is 13.0. The van der Waals surface area contributed by atoms with Crippen molar-refractivity contribution in [3.05, 3.63) is 52.4 Å². The van der Waals surface area contributed by atoms with E-state index in [9.17, 15) is 4.79 Å². The van der Waals surface area contributed by atoms with Gasteiger partial charge in [-0.25, -0.2) is 9.78 Å². The van der Waals surface area contributed by atoms with Crippen molar-refractivity contribution in [1.29, 1.82) is 0 Å². The maximum atomic E-state index is 11.7. The Kier molecular flexibility index (Phi) is 3.58. The summed E-state index contributed by atoms with van der Waals surface area (Å²) in [5.41, 5.74) is 0.858. The van der Waals surface area contributed by atoms with Gasteiger partial charge in [0.15, 0.2) is 0 Å². The van der Waals surface area contributed by atoms with Crippen LogP contribution in [0.5, 0.6) is 0 Å². The van der Waals surface area contributed by atoms with E-state index in [0.29, 0.717) is 22.3 Å². The number of thiophene rings is 1. The number of nitrogens with zero attached hydrogens (tertiary/aromatic N) is 1. The van der Waals surface area contributed by atoms with E-state index < -0.39 is 5.97 Å². The first-order valence-corrected chi connectivity index (χ1v) is 6.97. The summed E-state index contributed by atoms with van der Waals surface area (Å²) >= 11 is 7.25. The van der Waals surface area contributed by atoms with Crippen LogP contribution in [0.1, 0.15) is 16.2 Å². The molecular formula is C13H9ClN2O3S. The van der Waals surface area contributed by atoms with E-state index >= 15 is 0 Å². The molecule has 3 aromatic heterocycles. The van der Waals surface area contributed by atoms with Gasteiger partial charge < -0.3 is 14.1 Å². The molecule has 0 saturated carbocycles. The van der Waals surface area contributed by atoms with Gasteiger partial charge >= 0.3 is 5.97 Å². The Morgan fingerprint density at radius 3 is 3.15 bits per heavy atom. The van der Waals surface area contributed by atoms with E-state index in [2.05, 4.69) is 9.97 Å². The number of carbonyl (C=O) groups excluding carboxylic acids is 1. The first-order chi connectivity index (χ1) is 9.72. The molecular weight excluding hydrogens is 300 g/mol. The number of hydrogen-bond donors (Lipinski definition) is 1. The van der Waals surface area contributed by atoms with E-state index in [-0.39, 0.29) is 6.61 Å². The Balaban J connectivity index is 1.63. The van der Waals surface area contributed by atoms with Gasteiger partial charge in [0.1, 0.15) is 24.3 Å². The summed E-state index contributed by atoms with van der Waals surface area (Å²) in [7, 11) is 0. The smallest absolute Gasteiger partial charge is 0.355 e. The molecule has 0 bridgehead atoms. The molecule has 3 rings (SSSR count). The molecule has 0 unspecified atom stereocenters. The second-order valence-corrected chi connectivity index (χ2v) is 5.31. The van der Waals surface area contributed by atoms with Crippen molar-refractivity contribution in [2.24, 2.45) is 0 Å². The van der Waals surface area contributed by atoms with Crippen LogP contribution >= 0.6 is 22.9 Å². The number of oxazole rings is 1. The lowest BCUT2D eigenvalue weighted by molar-refractivity contribution is 0.0461. The number of rotatable bonds is 4. The second-order valence-electron chi connectivity index (χ2n) is 3.93. The van der Waals surface area contributed by atoms with Crippen molar-refractivity contribution < 1.29 is 13.9 Å². The van der Waals surface area contributed by atoms with E-state index in [1.165, 1.54) is 29.9 Å². The number of aromatic amines is 1. The molecule has 0 aliphatic rings. The average Bonchev–Trinajstić information content (AvgIpc) is 3.16. The monoisotopic (exact) mass is 308 g/mol. The van der Waals surface area contributed by atoms with Crippen LogP contribution in [0.25, 0.3) is 10.8 Å². The molecule has 20 heavy (non-hydrogen) atoms. The summed E-state index contributed by atoms with van der Waals surface area (Å²) in [4.78, 5) is 19.6. The van der Waals surface area contributed by atoms with E-state index in [4.69, 9.17) is 20.8 Å². The number of H-pyrrole nitrogens is 1. The van der Waals surface area contributed by atoms with Gasteiger partial charge in [0.2, 0.25) is 5.89 Å². The molecule has 0 radical (unpaired) electrons. The average molecular weight is 309 g/mol. The predicted molar refractivity (Wildman–Crippen MR) is 74.7 cm³/mol. The van der Waals surface area contributed by atoms with Gasteiger partial charge in [-0.15, -0.1) is 11.3 Å². The third-order valence-corrected chi connectivity index (χ3v) is 3.58. The third-order valence-electron chi connectivity index (χ3n) is 2.50. The fourth-order valence-corrected chi connectivity index (χ4v) is 2.41. The van der Waals surface area contributed by atoms with Crippen molar-refractivity contribution in [3.63, 3.8) is 0 Å². The third kappa shape index (κ3) is 2.76. The molecule has 3 heterocycles. The normalized spacial score (nSPS) is 10.7. The lowest BCUT2D eigenvalue weighted by Gasteiger charge is -1.99. The Morgan fingerprint density at radius 2 is 2.45 bits per heavy atom. The lowest BCUT2D eigenvalue weighted by Crippen LogP contribution is -2.05. The van der Waals surface area contributed by atoms with Crippen molar-refractivity contribution in [2.45, 2.75) is 6.61 Å². The summed E-state index contributed by atoms with van der Waals surface area (Å²) in [5, 5.41) is 2.40. The molecule has 0 spiro atoms. The van der Waals surface area contributed by atoms with Gasteiger partial charge in [0, 0.05) is 6.20 Å². The summed E-state index contributed by atoms with van der Waals surface area (Å²) < 4.78 is 10.4. The van der Waals surface area contributed by atoms with Gasteiger partial charge in [0.05, 0.1) is 9.90 Å². The number of ether oxygens (including phenoxy) is 1. The maximum Gasteiger partial charge on any atom is 0.355 e. The number of nitrogens with one attached hydrogen (secondary N) is 1. The molecule has 102 valence electrons. The summed E-state index contributed by atoms with van der Waals surface area (Å²) in [6.07, 6.45) is 2.99. The Morgan fingerprint density at radius 1 is 1.55 bits per heavy atom. The Labute approximate surface area is 123 Å². The van der Waals surface area contributed by atoms with Crippen LogP contribution in [0.3, 0.4) is 0 Å². The minimum atomic E-state index is -0.488. The Hall–Kier alpha value is -2.05. The van der Waals surface area contributed by atoms with Crippen molar-refractivity contribution in [3.8, 4) is 10.8 Å². The topological polar surface area (TPSA) is 68.1 Å². The summed E-state index contributed by atoms with van der Waals surface area (Å²) in [6.45, 7) is 0.0460. The maximum absolute atomic E-state index is 11.7. The van der Waals surface area contributed by atoms with Gasteiger partial charge in [-0.05, 0) is 17.5 Å². The van der Waals surface area contributed by atoms with Crippen LogP contribution in [0.4, 0.5) is 0 Å². The molecule has 0 saturated heterocycles. The van der Waals surface area contributed by atoms with Gasteiger partial charge in [-0.2, -0.15) is 0 Å². The number of aromatic nitrogens is 2. The number of hydrogen-bond acceptors (Lipinski definition) is 5. The zero-order valence-corrected chi connectivity index (χ0v) is 11.7. The standard InChI is InChI=1S/C13H9ClN2O3S/c14-8-4-10(15-5-8)13(17)19-7-9-6-18-12(16-9)11-2-1-3-20-11/h1-6,15H,7H2. The molecule has 0 atom stereocenters. The molecule has 7 heteroatoms. The van der Waals surface area contributed by atoms with Gasteiger partial charge in [-0.3, -0.25) is 0 Å². The highest BCUT2D eigenvalue weighted by atomic mass is 35.5. The van der Waals surface area contributed by atoms with E-state index in [1.54, 1.807) is 0 Å². The predicted octanol–water partition coefficient (Wildman–Crippen LogP) is 3.74. The minimum absolute atomic E-state index is 0.0460. The van der Waals surface area contributed by atoms with Gasteiger partial charge in [0.25, 0.3) is 0 Å². The zero-order valence-electron chi connectivity index (χ0n) is 10.1. The summed E-state index contributed by atoms with van der Waals surface area (Å²) in [6, 6.07) is 5.33. The highest BCUT2D eigenvalue weighted by molar-refractivity contribution is 7.13. The molecule has 0 aliphatic carbocycles. The molecule has 0 aliphatic heterocycles. The largest absolute Gasteiger partial charge is 0.454 e. The lowest BCUT2D eigenvalue weighted by atomic mass is 10.4. The number of halogens is 1. The van der Waals surface area contributed by atoms with Crippen LogP contribution in [-0.2, 0) is 11.3 Å². The fraction of sp³-hybridized carbons (Fsp3) is 0.0769. The molecule has 5 nitrogen and oxygen atoms in total. The second kappa shape index (κ2) is 5.52. The molecule has 0 fully saturated rings. The SMILES string of the molecule is O=C(OCc1coc(-c2cccs2)n1)c1cc(Cl)c[nH]1. The summed E-state index contributed by atoms with van der Waals surface area (Å²) in [5.74, 6) is 0.0338. The van der Waals surface area contributed by atoms with Crippen LogP contribution in [-0.4, -0.2) is 15.9 Å². The van der Waals surface area contributed by atoms with Crippen molar-refractivity contribution in [1.82, 2.24) is 9.97 Å². The van der Waals surface area contributed by atoms with E-state index in [1.807, 2.05) is 17.5 Å². The molecule has 1 N–H and O–H groups in total. The van der Waals surface area contributed by atoms with Crippen molar-refractivity contribution >= 4 is 28.9 Å². The zero-order chi connectivity index (χ0) is 13.9. The van der Waals surface area contributed by atoms with Crippen LogP contribution in [0.2, 0.25) is 5.02 Å². The number of carbonyl (C=O) groups is 1. The van der Waals surface area contributed by atoms with Crippen LogP contribution in [0.15, 0.2) is 40.5 Å². The number of esters is 1. The molecule has 0 amide bonds. The molecule has 3 aromatic rings.